The van der Waals surface area contributed by atoms with Gasteiger partial charge in [-0.05, 0) is 31.0 Å². The molecule has 2 rings (SSSR count). The number of carbonyl (C=O) groups is 2. The van der Waals surface area contributed by atoms with Crippen LogP contribution in [0, 0.1) is 0 Å². The predicted molar refractivity (Wildman–Crippen MR) is 73.5 cm³/mol. The topological polar surface area (TPSA) is 37.4 Å². The fourth-order valence-electron chi connectivity index (χ4n) is 2.30. The number of benzene rings is 1. The van der Waals surface area contributed by atoms with Gasteiger partial charge in [-0.25, -0.2) is 0 Å². The lowest BCUT2D eigenvalue weighted by Gasteiger charge is -2.30. The molecule has 1 aliphatic carbocycles. The van der Waals surface area contributed by atoms with E-state index in [1.54, 1.807) is 4.90 Å². The van der Waals surface area contributed by atoms with Crippen LogP contribution in [0.25, 0.3) is 0 Å². The Hall–Kier alpha value is -1.16. The van der Waals surface area contributed by atoms with E-state index in [2.05, 4.69) is 15.9 Å². The van der Waals surface area contributed by atoms with Crippen molar-refractivity contribution in [3.63, 3.8) is 0 Å². The summed E-state index contributed by atoms with van der Waals surface area (Å²) in [5.74, 6) is 0.338. The molecule has 1 amide bonds. The Bertz CT molecular complexity index is 463. The van der Waals surface area contributed by atoms with Crippen LogP contribution in [-0.4, -0.2) is 29.7 Å². The molecule has 1 aliphatic rings. The lowest BCUT2D eigenvalue weighted by Crippen LogP contribution is -2.39. The van der Waals surface area contributed by atoms with E-state index in [-0.39, 0.29) is 11.9 Å². The van der Waals surface area contributed by atoms with Crippen molar-refractivity contribution in [3.8, 4) is 0 Å². The molecule has 0 bridgehead atoms. The average Bonchev–Trinajstić information content (AvgIpc) is 2.38. The van der Waals surface area contributed by atoms with Crippen LogP contribution in [0.15, 0.2) is 28.7 Å². The normalized spacial score (nSPS) is 16.7. The maximum atomic E-state index is 12.3. The van der Waals surface area contributed by atoms with Crippen LogP contribution in [-0.2, 0) is 4.79 Å². The quantitative estimate of drug-likeness (QED) is 0.842. The fraction of sp³-hybridized carbons (Fsp3) is 0.429. The van der Waals surface area contributed by atoms with Crippen LogP contribution >= 0.6 is 15.9 Å². The van der Waals surface area contributed by atoms with Gasteiger partial charge in [0.2, 0.25) is 0 Å². The second kappa shape index (κ2) is 5.65. The van der Waals surface area contributed by atoms with Crippen LogP contribution < -0.4 is 0 Å². The lowest BCUT2D eigenvalue weighted by molar-refractivity contribution is -0.121. The third-order valence-corrected chi connectivity index (χ3v) is 3.95. The Kier molecular flexibility index (Phi) is 4.17. The highest BCUT2D eigenvalue weighted by atomic mass is 79.9. The molecule has 0 spiro atoms. The SMILES string of the molecule is CN(C(=O)c1cccc(Br)c1)C1CCC(=O)CC1. The molecule has 0 atom stereocenters. The smallest absolute Gasteiger partial charge is 0.253 e. The molecule has 18 heavy (non-hydrogen) atoms. The molecule has 0 radical (unpaired) electrons. The molecule has 0 saturated heterocycles. The highest BCUT2D eigenvalue weighted by Crippen LogP contribution is 2.21. The molecule has 0 aromatic heterocycles. The molecule has 1 aromatic carbocycles. The van der Waals surface area contributed by atoms with E-state index >= 15 is 0 Å². The molecule has 4 heteroatoms. The minimum absolute atomic E-state index is 0.0237. The Labute approximate surface area is 115 Å². The Balaban J connectivity index is 2.07. The first-order chi connectivity index (χ1) is 8.58. The van der Waals surface area contributed by atoms with Gasteiger partial charge in [-0.2, -0.15) is 0 Å². The number of halogens is 1. The fourth-order valence-corrected chi connectivity index (χ4v) is 2.70. The number of ketones is 1. The maximum absolute atomic E-state index is 12.3. The minimum atomic E-state index is 0.0237. The Morgan fingerprint density at radius 3 is 2.61 bits per heavy atom. The molecule has 1 fully saturated rings. The molecule has 0 N–H and O–H groups in total. The van der Waals surface area contributed by atoms with Crippen molar-refractivity contribution >= 4 is 27.6 Å². The van der Waals surface area contributed by atoms with Crippen LogP contribution in [0.4, 0.5) is 0 Å². The van der Waals surface area contributed by atoms with E-state index < -0.39 is 0 Å². The first-order valence-electron chi connectivity index (χ1n) is 6.12. The first kappa shape index (κ1) is 13.3. The molecule has 1 aromatic rings. The largest absolute Gasteiger partial charge is 0.339 e. The van der Waals surface area contributed by atoms with E-state index in [9.17, 15) is 9.59 Å². The number of nitrogens with zero attached hydrogens (tertiary/aromatic N) is 1. The third kappa shape index (κ3) is 2.99. The zero-order valence-corrected chi connectivity index (χ0v) is 11.9. The van der Waals surface area contributed by atoms with Gasteiger partial charge in [0.25, 0.3) is 5.91 Å². The predicted octanol–water partition coefficient (Wildman–Crippen LogP) is 3.03. The number of Topliss-reactive ketones (excluding diaryl/α,β-unsaturated/α-hetero) is 1. The van der Waals surface area contributed by atoms with Crippen molar-refractivity contribution < 1.29 is 9.59 Å². The summed E-state index contributed by atoms with van der Waals surface area (Å²) in [5.41, 5.74) is 0.684. The van der Waals surface area contributed by atoms with Crippen LogP contribution in [0.5, 0.6) is 0 Å². The van der Waals surface area contributed by atoms with Crippen molar-refractivity contribution in [1.82, 2.24) is 4.90 Å². The van der Waals surface area contributed by atoms with Gasteiger partial charge in [0.1, 0.15) is 5.78 Å². The molecule has 1 saturated carbocycles. The minimum Gasteiger partial charge on any atom is -0.339 e. The summed E-state index contributed by atoms with van der Waals surface area (Å²) in [7, 11) is 1.82. The number of hydrogen-bond acceptors (Lipinski definition) is 2. The van der Waals surface area contributed by atoms with Crippen molar-refractivity contribution in [2.75, 3.05) is 7.05 Å². The van der Waals surface area contributed by atoms with Gasteiger partial charge in [-0.1, -0.05) is 22.0 Å². The molecule has 0 aliphatic heterocycles. The lowest BCUT2D eigenvalue weighted by atomic mass is 9.93. The second-order valence-electron chi connectivity index (χ2n) is 4.70. The van der Waals surface area contributed by atoms with Gasteiger partial charge in [0, 0.05) is 36.0 Å². The maximum Gasteiger partial charge on any atom is 0.253 e. The van der Waals surface area contributed by atoms with E-state index in [0.29, 0.717) is 24.2 Å². The van der Waals surface area contributed by atoms with Crippen molar-refractivity contribution in [3.05, 3.63) is 34.3 Å². The number of carbonyl (C=O) groups excluding carboxylic acids is 2. The van der Waals surface area contributed by atoms with Gasteiger partial charge in [0.05, 0.1) is 0 Å². The molecular weight excluding hydrogens is 294 g/mol. The zero-order chi connectivity index (χ0) is 13.1. The van der Waals surface area contributed by atoms with Crippen LogP contribution in [0.1, 0.15) is 36.0 Å². The van der Waals surface area contributed by atoms with Crippen LogP contribution in [0.2, 0.25) is 0 Å². The summed E-state index contributed by atoms with van der Waals surface area (Å²) in [6.07, 6.45) is 2.77. The van der Waals surface area contributed by atoms with E-state index in [4.69, 9.17) is 0 Å². The molecule has 0 heterocycles. The first-order valence-corrected chi connectivity index (χ1v) is 6.91. The second-order valence-corrected chi connectivity index (χ2v) is 5.61. The Morgan fingerprint density at radius 2 is 2.00 bits per heavy atom. The van der Waals surface area contributed by atoms with Crippen molar-refractivity contribution in [2.24, 2.45) is 0 Å². The standard InChI is InChI=1S/C14H16BrNO2/c1-16(12-5-7-13(17)8-6-12)14(18)10-3-2-4-11(15)9-10/h2-4,9,12H,5-8H2,1H3. The zero-order valence-electron chi connectivity index (χ0n) is 10.4. The molecule has 3 nitrogen and oxygen atoms in total. The average molecular weight is 310 g/mol. The van der Waals surface area contributed by atoms with Gasteiger partial charge in [-0.3, -0.25) is 9.59 Å². The summed E-state index contributed by atoms with van der Waals surface area (Å²) in [5, 5.41) is 0. The monoisotopic (exact) mass is 309 g/mol. The van der Waals surface area contributed by atoms with E-state index in [1.807, 2.05) is 31.3 Å². The third-order valence-electron chi connectivity index (χ3n) is 3.45. The molecule has 96 valence electrons. The van der Waals surface area contributed by atoms with E-state index in [1.165, 1.54) is 0 Å². The highest BCUT2D eigenvalue weighted by molar-refractivity contribution is 9.10. The summed E-state index contributed by atoms with van der Waals surface area (Å²) in [6, 6.07) is 7.59. The summed E-state index contributed by atoms with van der Waals surface area (Å²) in [6.45, 7) is 0. The summed E-state index contributed by atoms with van der Waals surface area (Å²) >= 11 is 3.37. The summed E-state index contributed by atoms with van der Waals surface area (Å²) < 4.78 is 0.903. The number of hydrogen-bond donors (Lipinski definition) is 0. The Morgan fingerprint density at radius 1 is 1.33 bits per heavy atom. The number of rotatable bonds is 2. The summed E-state index contributed by atoms with van der Waals surface area (Å²) in [4.78, 5) is 25.3. The van der Waals surface area contributed by atoms with E-state index in [0.717, 1.165) is 17.3 Å². The van der Waals surface area contributed by atoms with Gasteiger partial charge < -0.3 is 4.90 Å². The van der Waals surface area contributed by atoms with Crippen LogP contribution in [0.3, 0.4) is 0 Å². The molecular formula is C14H16BrNO2. The van der Waals surface area contributed by atoms with Crippen molar-refractivity contribution in [2.45, 2.75) is 31.7 Å². The van der Waals surface area contributed by atoms with Gasteiger partial charge >= 0.3 is 0 Å². The van der Waals surface area contributed by atoms with Crippen molar-refractivity contribution in [1.29, 1.82) is 0 Å². The highest BCUT2D eigenvalue weighted by Gasteiger charge is 2.25. The molecule has 0 unspecified atom stereocenters. The van der Waals surface area contributed by atoms with Gasteiger partial charge in [-0.15, -0.1) is 0 Å². The number of amides is 1. The van der Waals surface area contributed by atoms with Gasteiger partial charge in [0.15, 0.2) is 0 Å².